The summed E-state index contributed by atoms with van der Waals surface area (Å²) >= 11 is 0. The number of ether oxygens (including phenoxy) is 2. The van der Waals surface area contributed by atoms with Crippen molar-refractivity contribution < 1.29 is 29.3 Å². The second-order valence-corrected chi connectivity index (χ2v) is 7.04. The van der Waals surface area contributed by atoms with Crippen molar-refractivity contribution >= 4 is 11.9 Å². The summed E-state index contributed by atoms with van der Waals surface area (Å²) in [6.07, 6.45) is 2.78. The normalized spacial score (nSPS) is 16.5. The molecule has 0 aromatic heterocycles. The van der Waals surface area contributed by atoms with E-state index in [1.165, 1.54) is 18.4 Å². The van der Waals surface area contributed by atoms with Crippen LogP contribution >= 0.6 is 0 Å². The van der Waals surface area contributed by atoms with E-state index in [4.69, 9.17) is 29.3 Å². The maximum absolute atomic E-state index is 9.10. The van der Waals surface area contributed by atoms with Gasteiger partial charge in [-0.15, -0.1) is 0 Å². The predicted octanol–water partition coefficient (Wildman–Crippen LogP) is 2.29. The van der Waals surface area contributed by atoms with E-state index in [-0.39, 0.29) is 5.41 Å². The van der Waals surface area contributed by atoms with Gasteiger partial charge >= 0.3 is 11.9 Å². The van der Waals surface area contributed by atoms with Gasteiger partial charge in [0.05, 0.1) is 6.10 Å². The monoisotopic (exact) mass is 367 g/mol. The molecule has 1 aromatic carbocycles. The Kier molecular flexibility index (Phi) is 9.09. The molecule has 0 spiro atoms. The third-order valence-corrected chi connectivity index (χ3v) is 3.81. The molecule has 1 atom stereocenters. The average Bonchev–Trinajstić information content (AvgIpc) is 3.08. The fourth-order valence-electron chi connectivity index (χ4n) is 2.51. The highest BCUT2D eigenvalue weighted by molar-refractivity contribution is 6.27. The van der Waals surface area contributed by atoms with Crippen LogP contribution in [0.5, 0.6) is 5.75 Å². The molecule has 2 rings (SSSR count). The first kappa shape index (κ1) is 21.9. The first-order valence-electron chi connectivity index (χ1n) is 8.72. The molecule has 26 heavy (non-hydrogen) atoms. The van der Waals surface area contributed by atoms with Gasteiger partial charge in [-0.1, -0.05) is 39.0 Å². The highest BCUT2D eigenvalue weighted by Crippen LogP contribution is 2.30. The molecule has 7 nitrogen and oxygen atoms in total. The molecule has 1 unspecified atom stereocenters. The lowest BCUT2D eigenvalue weighted by Crippen LogP contribution is -2.30. The third kappa shape index (κ3) is 8.31. The van der Waals surface area contributed by atoms with Crippen LogP contribution in [-0.4, -0.2) is 54.6 Å². The molecule has 0 aliphatic carbocycles. The second kappa shape index (κ2) is 10.8. The van der Waals surface area contributed by atoms with Gasteiger partial charge in [-0.25, -0.2) is 9.59 Å². The van der Waals surface area contributed by atoms with Crippen molar-refractivity contribution in [2.45, 2.75) is 45.1 Å². The Morgan fingerprint density at radius 1 is 1.23 bits per heavy atom. The van der Waals surface area contributed by atoms with E-state index in [9.17, 15) is 0 Å². The molecule has 0 amide bonds. The lowest BCUT2D eigenvalue weighted by molar-refractivity contribution is -0.159. The molecule has 0 radical (unpaired) electrons. The summed E-state index contributed by atoms with van der Waals surface area (Å²) in [6, 6.07) is 8.31. The standard InChI is InChI=1S/C17H27NO2.C2H2O4/c1-17(2,3)15-8-4-5-9-16(15)20-12-10-18-13-14-7-6-11-19-14;3-1(4)2(5)6/h4-5,8-9,14,18H,6-7,10-13H2,1-3H3;(H,3,4)(H,5,6). The zero-order chi connectivity index (χ0) is 19.6. The zero-order valence-electron chi connectivity index (χ0n) is 15.7. The topological polar surface area (TPSA) is 105 Å². The van der Waals surface area contributed by atoms with Crippen LogP contribution in [0.25, 0.3) is 0 Å². The lowest BCUT2D eigenvalue weighted by atomic mass is 9.86. The summed E-state index contributed by atoms with van der Waals surface area (Å²) in [5, 5.41) is 18.2. The van der Waals surface area contributed by atoms with E-state index in [1.54, 1.807) is 0 Å². The highest BCUT2D eigenvalue weighted by atomic mass is 16.5. The Morgan fingerprint density at radius 3 is 2.42 bits per heavy atom. The maximum atomic E-state index is 9.10. The SMILES string of the molecule is CC(C)(C)c1ccccc1OCCNCC1CCCO1.O=C(O)C(=O)O. The first-order chi connectivity index (χ1) is 12.2. The van der Waals surface area contributed by atoms with Crippen molar-refractivity contribution in [3.8, 4) is 5.75 Å². The smallest absolute Gasteiger partial charge is 0.414 e. The number of hydrogen-bond donors (Lipinski definition) is 3. The molecule has 1 aliphatic rings. The molecule has 0 bridgehead atoms. The van der Waals surface area contributed by atoms with Gasteiger partial charge in [0.15, 0.2) is 0 Å². The Bertz CT molecular complexity index is 564. The average molecular weight is 367 g/mol. The van der Waals surface area contributed by atoms with Crippen LogP contribution in [0, 0.1) is 0 Å². The third-order valence-electron chi connectivity index (χ3n) is 3.81. The van der Waals surface area contributed by atoms with Crippen molar-refractivity contribution in [1.82, 2.24) is 5.32 Å². The number of benzene rings is 1. The molecular weight excluding hydrogens is 338 g/mol. The van der Waals surface area contributed by atoms with Crippen LogP contribution in [-0.2, 0) is 19.7 Å². The predicted molar refractivity (Wildman–Crippen MR) is 97.8 cm³/mol. The number of carboxylic acids is 2. The molecular formula is C19H29NO6. The summed E-state index contributed by atoms with van der Waals surface area (Å²) in [4.78, 5) is 18.2. The summed E-state index contributed by atoms with van der Waals surface area (Å²) < 4.78 is 11.5. The van der Waals surface area contributed by atoms with Crippen LogP contribution in [0.2, 0.25) is 0 Å². The number of para-hydroxylation sites is 1. The van der Waals surface area contributed by atoms with Gasteiger partial charge in [-0.05, 0) is 29.9 Å². The number of hydrogen-bond acceptors (Lipinski definition) is 5. The molecule has 1 heterocycles. The van der Waals surface area contributed by atoms with Crippen LogP contribution in [0.1, 0.15) is 39.2 Å². The molecule has 0 saturated carbocycles. The van der Waals surface area contributed by atoms with Crippen molar-refractivity contribution in [2.75, 3.05) is 26.3 Å². The number of carboxylic acid groups (broad SMARTS) is 2. The summed E-state index contributed by atoms with van der Waals surface area (Å²) in [5.41, 5.74) is 1.38. The minimum Gasteiger partial charge on any atom is -0.492 e. The molecule has 1 fully saturated rings. The van der Waals surface area contributed by atoms with Crippen LogP contribution in [0.3, 0.4) is 0 Å². The molecule has 3 N–H and O–H groups in total. The summed E-state index contributed by atoms with van der Waals surface area (Å²) in [7, 11) is 0. The fraction of sp³-hybridized carbons (Fsp3) is 0.579. The van der Waals surface area contributed by atoms with Crippen molar-refractivity contribution in [2.24, 2.45) is 0 Å². The van der Waals surface area contributed by atoms with E-state index in [0.717, 1.165) is 25.4 Å². The molecule has 146 valence electrons. The number of nitrogens with one attached hydrogen (secondary N) is 1. The minimum atomic E-state index is -1.82. The van der Waals surface area contributed by atoms with Gasteiger partial charge in [0.2, 0.25) is 0 Å². The van der Waals surface area contributed by atoms with E-state index >= 15 is 0 Å². The maximum Gasteiger partial charge on any atom is 0.414 e. The number of carbonyl (C=O) groups is 2. The Morgan fingerprint density at radius 2 is 1.88 bits per heavy atom. The molecule has 1 aliphatic heterocycles. The van der Waals surface area contributed by atoms with Crippen molar-refractivity contribution in [3.63, 3.8) is 0 Å². The van der Waals surface area contributed by atoms with Gasteiger partial charge in [0, 0.05) is 19.7 Å². The molecule has 1 saturated heterocycles. The Labute approximate surface area is 154 Å². The Hall–Kier alpha value is -2.12. The van der Waals surface area contributed by atoms with Crippen LogP contribution in [0.15, 0.2) is 24.3 Å². The van der Waals surface area contributed by atoms with Gasteiger partial charge in [-0.3, -0.25) is 0 Å². The quantitative estimate of drug-likeness (QED) is 0.523. The van der Waals surface area contributed by atoms with Gasteiger partial charge in [0.1, 0.15) is 12.4 Å². The largest absolute Gasteiger partial charge is 0.492 e. The zero-order valence-corrected chi connectivity index (χ0v) is 15.7. The van der Waals surface area contributed by atoms with Gasteiger partial charge < -0.3 is 25.0 Å². The van der Waals surface area contributed by atoms with E-state index in [0.29, 0.717) is 12.7 Å². The van der Waals surface area contributed by atoms with Crippen molar-refractivity contribution in [1.29, 1.82) is 0 Å². The first-order valence-corrected chi connectivity index (χ1v) is 8.72. The molecule has 7 heteroatoms. The Balaban J connectivity index is 0.000000487. The van der Waals surface area contributed by atoms with Crippen LogP contribution < -0.4 is 10.1 Å². The van der Waals surface area contributed by atoms with Gasteiger partial charge in [0.25, 0.3) is 0 Å². The van der Waals surface area contributed by atoms with Gasteiger partial charge in [-0.2, -0.15) is 0 Å². The summed E-state index contributed by atoms with van der Waals surface area (Å²) in [5.74, 6) is -2.65. The fourth-order valence-corrected chi connectivity index (χ4v) is 2.51. The van der Waals surface area contributed by atoms with E-state index in [2.05, 4.69) is 44.3 Å². The molecule has 1 aromatic rings. The van der Waals surface area contributed by atoms with E-state index < -0.39 is 11.9 Å². The van der Waals surface area contributed by atoms with Crippen LogP contribution in [0.4, 0.5) is 0 Å². The second-order valence-electron chi connectivity index (χ2n) is 7.04. The highest BCUT2D eigenvalue weighted by Gasteiger charge is 2.18. The van der Waals surface area contributed by atoms with Crippen molar-refractivity contribution in [3.05, 3.63) is 29.8 Å². The minimum absolute atomic E-state index is 0.113. The lowest BCUT2D eigenvalue weighted by Gasteiger charge is -2.22. The van der Waals surface area contributed by atoms with E-state index in [1.807, 2.05) is 6.07 Å². The summed E-state index contributed by atoms with van der Waals surface area (Å²) in [6.45, 7) is 10.0. The number of aliphatic carboxylic acids is 2. The number of rotatable bonds is 6.